The largest absolute Gasteiger partial charge is 0.476 e. The van der Waals surface area contributed by atoms with Crippen LogP contribution in [0.3, 0.4) is 0 Å². The highest BCUT2D eigenvalue weighted by Gasteiger charge is 2.31. The molecule has 0 saturated heterocycles. The lowest BCUT2D eigenvalue weighted by molar-refractivity contribution is -0.137. The van der Waals surface area contributed by atoms with Crippen molar-refractivity contribution in [2.45, 2.75) is 19.5 Å². The number of carbonyl (C=O) groups is 1. The molecule has 0 aliphatic carbocycles. The molecule has 0 fully saturated rings. The Bertz CT molecular complexity index is 1010. The van der Waals surface area contributed by atoms with Crippen molar-refractivity contribution in [3.63, 3.8) is 0 Å². The Labute approximate surface area is 150 Å². The van der Waals surface area contributed by atoms with Crippen LogP contribution in [0.2, 0.25) is 0 Å². The van der Waals surface area contributed by atoms with Crippen molar-refractivity contribution < 1.29 is 27.5 Å². The molecule has 140 valence electrons. The second-order valence-electron chi connectivity index (χ2n) is 5.93. The van der Waals surface area contributed by atoms with E-state index in [2.05, 4.69) is 10.1 Å². The molecule has 0 radical (unpaired) electrons. The van der Waals surface area contributed by atoms with Crippen LogP contribution in [0.5, 0.6) is 0 Å². The van der Waals surface area contributed by atoms with Gasteiger partial charge in [-0.15, -0.1) is 0 Å². The van der Waals surface area contributed by atoms with Crippen molar-refractivity contribution in [2.75, 3.05) is 0 Å². The lowest BCUT2D eigenvalue weighted by Gasteiger charge is -2.10. The summed E-state index contributed by atoms with van der Waals surface area (Å²) in [5.41, 5.74) is 0.0519. The molecule has 5 nitrogen and oxygen atoms in total. The van der Waals surface area contributed by atoms with Gasteiger partial charge < -0.3 is 5.11 Å². The van der Waals surface area contributed by atoms with E-state index in [1.807, 2.05) is 0 Å². The minimum Gasteiger partial charge on any atom is -0.476 e. The fraction of sp³-hybridized carbons (Fsp3) is 0.167. The van der Waals surface area contributed by atoms with Gasteiger partial charge in [-0.05, 0) is 60.9 Å². The Morgan fingerprint density at radius 3 is 2.52 bits per heavy atom. The maximum atomic E-state index is 13.6. The van der Waals surface area contributed by atoms with E-state index in [9.17, 15) is 22.4 Å². The molecule has 0 spiro atoms. The quantitative estimate of drug-likeness (QED) is 0.695. The van der Waals surface area contributed by atoms with E-state index >= 15 is 0 Å². The fourth-order valence-corrected chi connectivity index (χ4v) is 2.65. The molecule has 0 atom stereocenters. The molecule has 0 aliphatic rings. The fourth-order valence-electron chi connectivity index (χ4n) is 2.65. The molecule has 2 aromatic heterocycles. The third-order valence-corrected chi connectivity index (χ3v) is 3.83. The van der Waals surface area contributed by atoms with Crippen LogP contribution in [-0.2, 0) is 12.6 Å². The summed E-state index contributed by atoms with van der Waals surface area (Å²) in [6.07, 6.45) is -3.17. The molecule has 1 aromatic carbocycles. The van der Waals surface area contributed by atoms with E-state index in [1.165, 1.54) is 16.9 Å². The van der Waals surface area contributed by atoms with Crippen molar-refractivity contribution in [3.8, 4) is 5.82 Å². The number of pyridine rings is 1. The van der Waals surface area contributed by atoms with Crippen LogP contribution < -0.4 is 0 Å². The SMILES string of the molecule is Cc1cc(C(=O)O)nn1-c1cc(Cc2cc(F)cc(C(F)(F)F)c2)ccn1. The zero-order valence-corrected chi connectivity index (χ0v) is 14.0. The smallest absolute Gasteiger partial charge is 0.416 e. The molecule has 3 rings (SSSR count). The average molecular weight is 379 g/mol. The number of rotatable bonds is 4. The molecule has 0 bridgehead atoms. The van der Waals surface area contributed by atoms with E-state index in [4.69, 9.17) is 5.11 Å². The van der Waals surface area contributed by atoms with Crippen molar-refractivity contribution >= 4 is 5.97 Å². The molecule has 3 aromatic rings. The highest BCUT2D eigenvalue weighted by molar-refractivity contribution is 5.85. The van der Waals surface area contributed by atoms with Crippen molar-refractivity contribution in [2.24, 2.45) is 0 Å². The maximum Gasteiger partial charge on any atom is 0.416 e. The van der Waals surface area contributed by atoms with Gasteiger partial charge in [-0.25, -0.2) is 18.9 Å². The Hall–Kier alpha value is -3.23. The van der Waals surface area contributed by atoms with Crippen LogP contribution in [0, 0.1) is 12.7 Å². The third-order valence-electron chi connectivity index (χ3n) is 3.83. The van der Waals surface area contributed by atoms with Gasteiger partial charge in [0.05, 0.1) is 5.56 Å². The highest BCUT2D eigenvalue weighted by Crippen LogP contribution is 2.31. The number of benzene rings is 1. The number of halogens is 4. The van der Waals surface area contributed by atoms with Crippen LogP contribution >= 0.6 is 0 Å². The number of aromatic nitrogens is 3. The van der Waals surface area contributed by atoms with Gasteiger partial charge in [0.25, 0.3) is 0 Å². The molecule has 27 heavy (non-hydrogen) atoms. The highest BCUT2D eigenvalue weighted by atomic mass is 19.4. The van der Waals surface area contributed by atoms with Gasteiger partial charge in [0.2, 0.25) is 0 Å². The first-order valence-electron chi connectivity index (χ1n) is 7.75. The predicted molar refractivity (Wildman–Crippen MR) is 87.3 cm³/mol. The number of hydrogen-bond donors (Lipinski definition) is 1. The van der Waals surface area contributed by atoms with E-state index in [1.54, 1.807) is 19.1 Å². The molecule has 2 heterocycles. The summed E-state index contributed by atoms with van der Waals surface area (Å²) < 4.78 is 53.4. The Balaban J connectivity index is 1.93. The Kier molecular flexibility index (Phi) is 4.69. The second-order valence-corrected chi connectivity index (χ2v) is 5.93. The normalized spacial score (nSPS) is 11.6. The van der Waals surface area contributed by atoms with Gasteiger partial charge in [-0.2, -0.15) is 18.3 Å². The van der Waals surface area contributed by atoms with Gasteiger partial charge in [-0.3, -0.25) is 0 Å². The second kappa shape index (κ2) is 6.82. The molecule has 0 aliphatic heterocycles. The van der Waals surface area contributed by atoms with Crippen LogP contribution in [-0.4, -0.2) is 25.8 Å². The van der Waals surface area contributed by atoms with E-state index in [0.717, 1.165) is 12.1 Å². The van der Waals surface area contributed by atoms with Crippen LogP contribution in [0.15, 0.2) is 42.6 Å². The number of nitrogens with zero attached hydrogens (tertiary/aromatic N) is 3. The Morgan fingerprint density at radius 1 is 1.15 bits per heavy atom. The summed E-state index contributed by atoms with van der Waals surface area (Å²) in [7, 11) is 0. The first-order chi connectivity index (χ1) is 12.6. The molecular weight excluding hydrogens is 366 g/mol. The molecule has 0 saturated carbocycles. The summed E-state index contributed by atoms with van der Waals surface area (Å²) in [5, 5.41) is 12.9. The van der Waals surface area contributed by atoms with Gasteiger partial charge >= 0.3 is 12.1 Å². The number of aryl methyl sites for hydroxylation is 1. The molecule has 0 amide bonds. The minimum absolute atomic E-state index is 0.0441. The maximum absolute atomic E-state index is 13.6. The summed E-state index contributed by atoms with van der Waals surface area (Å²) in [4.78, 5) is 15.1. The molecule has 0 unspecified atom stereocenters. The predicted octanol–water partition coefficient (Wildman–Crippen LogP) is 4.02. The zero-order chi connectivity index (χ0) is 19.8. The van der Waals surface area contributed by atoms with Crippen molar-refractivity contribution in [3.05, 3.63) is 76.5 Å². The van der Waals surface area contributed by atoms with Gasteiger partial charge in [0, 0.05) is 11.9 Å². The van der Waals surface area contributed by atoms with Crippen LogP contribution in [0.1, 0.15) is 32.9 Å². The van der Waals surface area contributed by atoms with Crippen molar-refractivity contribution in [1.82, 2.24) is 14.8 Å². The topological polar surface area (TPSA) is 68.0 Å². The summed E-state index contributed by atoms with van der Waals surface area (Å²) in [6, 6.07) is 6.89. The standard InChI is InChI=1S/C18H13F4N3O2/c1-10-4-15(17(26)27)24-25(10)16-8-11(2-3-23-16)5-12-6-13(18(20,21)22)9-14(19)7-12/h2-4,6-9H,5H2,1H3,(H,26,27). The third kappa shape index (κ3) is 4.13. The minimum atomic E-state index is -4.64. The van der Waals surface area contributed by atoms with Crippen molar-refractivity contribution in [1.29, 1.82) is 0 Å². The van der Waals surface area contributed by atoms with Crippen LogP contribution in [0.4, 0.5) is 17.6 Å². The number of carboxylic acid groups (broad SMARTS) is 1. The lowest BCUT2D eigenvalue weighted by atomic mass is 10.0. The summed E-state index contributed by atoms with van der Waals surface area (Å²) in [6.45, 7) is 1.65. The number of carboxylic acids is 1. The summed E-state index contributed by atoms with van der Waals surface area (Å²) in [5.74, 6) is -1.85. The Morgan fingerprint density at radius 2 is 1.89 bits per heavy atom. The number of hydrogen-bond acceptors (Lipinski definition) is 3. The molecule has 9 heteroatoms. The monoisotopic (exact) mass is 379 g/mol. The van der Waals surface area contributed by atoms with Crippen LogP contribution in [0.25, 0.3) is 5.82 Å². The first-order valence-corrected chi connectivity index (χ1v) is 7.75. The number of alkyl halides is 3. The summed E-state index contributed by atoms with van der Waals surface area (Å²) >= 11 is 0. The zero-order valence-electron chi connectivity index (χ0n) is 14.0. The van der Waals surface area contributed by atoms with Gasteiger partial charge in [-0.1, -0.05) is 0 Å². The lowest BCUT2D eigenvalue weighted by Crippen LogP contribution is -2.07. The van der Waals surface area contributed by atoms with E-state index in [-0.39, 0.29) is 17.7 Å². The van der Waals surface area contributed by atoms with E-state index in [0.29, 0.717) is 23.1 Å². The van der Waals surface area contributed by atoms with Gasteiger partial charge in [0.1, 0.15) is 5.82 Å². The molecular formula is C18H13F4N3O2. The average Bonchev–Trinajstić information content (AvgIpc) is 2.96. The first kappa shape index (κ1) is 18.6. The van der Waals surface area contributed by atoms with E-state index < -0.39 is 23.5 Å². The van der Waals surface area contributed by atoms with Gasteiger partial charge in [0.15, 0.2) is 11.5 Å². The molecule has 1 N–H and O–H groups in total. The number of aromatic carboxylic acids is 1.